The standard InChI is InChI=1S/C10H10F4N2O8P2/c11-9(12,25(19,20)21)7(17)15-5-1-2-6(4-3-5)16-8(18)10(13,14)26(22,23)24/h1-4H,(H,15,17)(H,16,18)(H2,19,20,21)(H2,22,23,24). The van der Waals surface area contributed by atoms with Crippen LogP contribution in [0.4, 0.5) is 28.9 Å². The SMILES string of the molecule is O=C(Nc1ccc(NC(=O)C(F)(F)P(=O)(O)O)cc1)C(F)(F)P(=O)(O)O. The molecule has 1 aromatic rings. The number of rotatable bonds is 6. The lowest BCUT2D eigenvalue weighted by molar-refractivity contribution is -0.132. The molecule has 0 aliphatic carbocycles. The minimum Gasteiger partial charge on any atom is -0.320 e. The van der Waals surface area contributed by atoms with Gasteiger partial charge in [0.15, 0.2) is 0 Å². The molecule has 0 fully saturated rings. The molecular weight excluding hydrogens is 414 g/mol. The van der Waals surface area contributed by atoms with Gasteiger partial charge in [-0.1, -0.05) is 0 Å². The summed E-state index contributed by atoms with van der Waals surface area (Å²) in [6, 6.07) is 3.16. The summed E-state index contributed by atoms with van der Waals surface area (Å²) in [7, 11) is -12.2. The van der Waals surface area contributed by atoms with E-state index in [1.807, 2.05) is 0 Å². The van der Waals surface area contributed by atoms with E-state index >= 15 is 0 Å². The Balaban J connectivity index is 2.88. The van der Waals surface area contributed by atoms with Crippen LogP contribution in [0.5, 0.6) is 0 Å². The van der Waals surface area contributed by atoms with Crippen LogP contribution in [0.2, 0.25) is 0 Å². The van der Waals surface area contributed by atoms with Crippen molar-refractivity contribution in [3.8, 4) is 0 Å². The summed E-state index contributed by atoms with van der Waals surface area (Å²) in [4.78, 5) is 55.9. The lowest BCUT2D eigenvalue weighted by Gasteiger charge is -2.18. The Morgan fingerprint density at radius 1 is 0.731 bits per heavy atom. The fraction of sp³-hybridized carbons (Fsp3) is 0.200. The Hall–Kier alpha value is -1.82. The number of hydrogen-bond acceptors (Lipinski definition) is 4. The van der Waals surface area contributed by atoms with Gasteiger partial charge in [0.25, 0.3) is 0 Å². The zero-order valence-electron chi connectivity index (χ0n) is 12.1. The molecule has 1 rings (SSSR count). The maximum Gasteiger partial charge on any atom is 0.421 e. The Morgan fingerprint density at radius 3 is 1.15 bits per heavy atom. The van der Waals surface area contributed by atoms with Crippen molar-refractivity contribution < 1.29 is 55.9 Å². The molecule has 1 aromatic carbocycles. The lowest BCUT2D eigenvalue weighted by atomic mass is 10.2. The van der Waals surface area contributed by atoms with Crippen LogP contribution >= 0.6 is 15.2 Å². The smallest absolute Gasteiger partial charge is 0.320 e. The minimum atomic E-state index is -6.08. The largest absolute Gasteiger partial charge is 0.421 e. The quantitative estimate of drug-likeness (QED) is 0.291. The molecule has 0 aliphatic heterocycles. The summed E-state index contributed by atoms with van der Waals surface area (Å²) < 4.78 is 73.5. The molecule has 0 unspecified atom stereocenters. The number of carbonyl (C=O) groups is 2. The maximum absolute atomic E-state index is 13.1. The second kappa shape index (κ2) is 7.06. The number of benzene rings is 1. The first-order valence-corrected chi connectivity index (χ1v) is 9.32. The summed E-state index contributed by atoms with van der Waals surface area (Å²) in [5.74, 6) is -4.67. The van der Waals surface area contributed by atoms with E-state index < -0.39 is 49.7 Å². The third-order valence-electron chi connectivity index (χ3n) is 2.68. The first kappa shape index (κ1) is 22.2. The zero-order valence-corrected chi connectivity index (χ0v) is 13.9. The summed E-state index contributed by atoms with van der Waals surface area (Å²) in [6.07, 6.45) is 0. The van der Waals surface area contributed by atoms with Crippen molar-refractivity contribution in [1.29, 1.82) is 0 Å². The zero-order chi connectivity index (χ0) is 20.6. The second-order valence-electron chi connectivity index (χ2n) is 4.66. The molecule has 0 radical (unpaired) electrons. The second-order valence-corrected chi connectivity index (χ2v) is 7.96. The van der Waals surface area contributed by atoms with Gasteiger partial charge in [-0.2, -0.15) is 17.6 Å². The first-order chi connectivity index (χ1) is 11.5. The van der Waals surface area contributed by atoms with Crippen LogP contribution < -0.4 is 10.6 Å². The molecule has 0 saturated heterocycles. The van der Waals surface area contributed by atoms with Crippen molar-refractivity contribution in [3.63, 3.8) is 0 Å². The minimum absolute atomic E-state index is 0.442. The van der Waals surface area contributed by atoms with Gasteiger partial charge in [-0.15, -0.1) is 0 Å². The van der Waals surface area contributed by atoms with E-state index in [0.29, 0.717) is 0 Å². The summed E-state index contributed by atoms with van der Waals surface area (Å²) in [5.41, 5.74) is -10.9. The number of amides is 2. The van der Waals surface area contributed by atoms with Crippen LogP contribution in [0.15, 0.2) is 24.3 Å². The summed E-state index contributed by atoms with van der Waals surface area (Å²) in [5, 5.41) is 2.91. The number of hydrogen-bond donors (Lipinski definition) is 6. The highest BCUT2D eigenvalue weighted by molar-refractivity contribution is 7.54. The van der Waals surface area contributed by atoms with Gasteiger partial charge in [-0.25, -0.2) is 0 Å². The van der Waals surface area contributed by atoms with Gasteiger partial charge in [0.2, 0.25) is 0 Å². The molecule has 0 aliphatic rings. The van der Waals surface area contributed by atoms with E-state index in [9.17, 15) is 36.3 Å². The van der Waals surface area contributed by atoms with Gasteiger partial charge in [-0.05, 0) is 24.3 Å². The van der Waals surface area contributed by atoms with Gasteiger partial charge < -0.3 is 30.2 Å². The van der Waals surface area contributed by atoms with Crippen LogP contribution in [0.3, 0.4) is 0 Å². The van der Waals surface area contributed by atoms with Crippen molar-refractivity contribution in [3.05, 3.63) is 24.3 Å². The van der Waals surface area contributed by atoms with E-state index in [2.05, 4.69) is 0 Å². The number of nitrogens with one attached hydrogen (secondary N) is 2. The number of alkyl halides is 4. The highest BCUT2D eigenvalue weighted by Gasteiger charge is 2.56. The molecule has 0 heterocycles. The first-order valence-electron chi connectivity index (χ1n) is 6.10. The van der Waals surface area contributed by atoms with E-state index in [1.54, 1.807) is 0 Å². The molecule has 0 saturated carbocycles. The van der Waals surface area contributed by atoms with Crippen LogP contribution in [0.25, 0.3) is 0 Å². The van der Waals surface area contributed by atoms with Crippen molar-refractivity contribution in [2.45, 2.75) is 11.3 Å². The fourth-order valence-corrected chi connectivity index (χ4v) is 1.95. The molecular formula is C10H10F4N2O8P2. The maximum atomic E-state index is 13.1. The van der Waals surface area contributed by atoms with Gasteiger partial charge in [0, 0.05) is 11.4 Å². The van der Waals surface area contributed by atoms with Gasteiger partial charge in [-0.3, -0.25) is 18.7 Å². The van der Waals surface area contributed by atoms with Gasteiger partial charge >= 0.3 is 38.3 Å². The van der Waals surface area contributed by atoms with E-state index in [0.717, 1.165) is 24.3 Å². The average Bonchev–Trinajstić information content (AvgIpc) is 2.46. The monoisotopic (exact) mass is 424 g/mol. The highest BCUT2D eigenvalue weighted by Crippen LogP contribution is 2.54. The molecule has 0 bridgehead atoms. The molecule has 26 heavy (non-hydrogen) atoms. The normalized spacial score (nSPS) is 13.2. The Bertz CT molecular complexity index is 737. The van der Waals surface area contributed by atoms with Gasteiger partial charge in [0.1, 0.15) is 0 Å². The van der Waals surface area contributed by atoms with Crippen LogP contribution in [0.1, 0.15) is 0 Å². The number of halogens is 4. The van der Waals surface area contributed by atoms with Gasteiger partial charge in [0.05, 0.1) is 0 Å². The number of anilines is 2. The molecule has 146 valence electrons. The predicted molar refractivity (Wildman–Crippen MR) is 77.7 cm³/mol. The molecule has 0 spiro atoms. The van der Waals surface area contributed by atoms with Crippen LogP contribution in [-0.2, 0) is 18.7 Å². The van der Waals surface area contributed by atoms with Crippen LogP contribution in [0, 0.1) is 0 Å². The number of carbonyl (C=O) groups excluding carboxylic acids is 2. The molecule has 0 atom stereocenters. The Morgan fingerprint density at radius 2 is 0.962 bits per heavy atom. The third-order valence-corrected chi connectivity index (χ3v) is 4.55. The lowest BCUT2D eigenvalue weighted by Crippen LogP contribution is -2.34. The van der Waals surface area contributed by atoms with Crippen molar-refractivity contribution in [1.82, 2.24) is 0 Å². The molecule has 2 amide bonds. The van der Waals surface area contributed by atoms with E-state index in [4.69, 9.17) is 19.6 Å². The van der Waals surface area contributed by atoms with Crippen molar-refractivity contribution in [2.75, 3.05) is 10.6 Å². The predicted octanol–water partition coefficient (Wildman–Crippen LogP) is 1.10. The highest BCUT2D eigenvalue weighted by atomic mass is 31.2. The Kier molecular flexibility index (Phi) is 6.04. The average molecular weight is 424 g/mol. The van der Waals surface area contributed by atoms with E-state index in [1.165, 1.54) is 10.6 Å². The molecule has 6 N–H and O–H groups in total. The summed E-state index contributed by atoms with van der Waals surface area (Å²) >= 11 is 0. The molecule has 16 heteroatoms. The molecule has 0 aromatic heterocycles. The topological polar surface area (TPSA) is 173 Å². The fourth-order valence-electron chi connectivity index (χ4n) is 1.31. The van der Waals surface area contributed by atoms with Crippen molar-refractivity contribution in [2.24, 2.45) is 0 Å². The van der Waals surface area contributed by atoms with Crippen molar-refractivity contribution >= 4 is 38.4 Å². The van der Waals surface area contributed by atoms with E-state index in [-0.39, 0.29) is 0 Å². The molecule has 10 nitrogen and oxygen atoms in total. The van der Waals surface area contributed by atoms with Crippen LogP contribution in [-0.4, -0.2) is 42.7 Å². The summed E-state index contributed by atoms with van der Waals surface area (Å²) in [6.45, 7) is 0. The Labute approximate surface area is 141 Å². The third kappa shape index (κ3) is 4.67.